The standard InChI is InChI=1S/C16H24N2O2/c1-3-14(12-5-7-13(20-2)8-6-12)18-15(19)16(11-17)9-4-10-16/h5-8,14H,3-4,9-11,17H2,1-2H3,(H,18,19). The molecule has 0 radical (unpaired) electrons. The predicted molar refractivity (Wildman–Crippen MR) is 79.5 cm³/mol. The Labute approximate surface area is 120 Å². The third-order valence-electron chi connectivity index (χ3n) is 4.41. The third-order valence-corrected chi connectivity index (χ3v) is 4.41. The van der Waals surface area contributed by atoms with Crippen LogP contribution in [0.25, 0.3) is 0 Å². The Morgan fingerprint density at radius 1 is 1.40 bits per heavy atom. The molecule has 0 aromatic heterocycles. The molecule has 1 unspecified atom stereocenters. The van der Waals surface area contributed by atoms with Crippen LogP contribution in [0.1, 0.15) is 44.2 Å². The summed E-state index contributed by atoms with van der Waals surface area (Å²) in [6, 6.07) is 7.89. The summed E-state index contributed by atoms with van der Waals surface area (Å²) < 4.78 is 5.16. The summed E-state index contributed by atoms with van der Waals surface area (Å²) in [5.41, 5.74) is 6.57. The summed E-state index contributed by atoms with van der Waals surface area (Å²) >= 11 is 0. The van der Waals surface area contributed by atoms with Crippen molar-refractivity contribution < 1.29 is 9.53 Å². The van der Waals surface area contributed by atoms with Crippen LogP contribution in [0.2, 0.25) is 0 Å². The minimum absolute atomic E-state index is 0.0393. The lowest BCUT2D eigenvalue weighted by molar-refractivity contribution is -0.136. The van der Waals surface area contributed by atoms with E-state index in [2.05, 4.69) is 12.2 Å². The highest BCUT2D eigenvalue weighted by Crippen LogP contribution is 2.40. The Morgan fingerprint density at radius 3 is 2.45 bits per heavy atom. The number of carbonyl (C=O) groups is 1. The molecule has 20 heavy (non-hydrogen) atoms. The number of nitrogens with two attached hydrogens (primary N) is 1. The van der Waals surface area contributed by atoms with Crippen molar-refractivity contribution in [3.63, 3.8) is 0 Å². The fourth-order valence-corrected chi connectivity index (χ4v) is 2.70. The van der Waals surface area contributed by atoms with Crippen LogP contribution in [-0.2, 0) is 4.79 Å². The van der Waals surface area contributed by atoms with E-state index in [0.717, 1.165) is 37.0 Å². The highest BCUT2D eigenvalue weighted by molar-refractivity contribution is 5.84. The van der Waals surface area contributed by atoms with Crippen molar-refractivity contribution >= 4 is 5.91 Å². The van der Waals surface area contributed by atoms with E-state index in [9.17, 15) is 4.79 Å². The summed E-state index contributed by atoms with van der Waals surface area (Å²) in [4.78, 5) is 12.4. The van der Waals surface area contributed by atoms with Crippen molar-refractivity contribution in [2.24, 2.45) is 11.1 Å². The van der Waals surface area contributed by atoms with Gasteiger partial charge >= 0.3 is 0 Å². The van der Waals surface area contributed by atoms with E-state index in [1.54, 1.807) is 7.11 Å². The lowest BCUT2D eigenvalue weighted by Crippen LogP contribution is -2.51. The van der Waals surface area contributed by atoms with Crippen LogP contribution < -0.4 is 15.8 Å². The van der Waals surface area contributed by atoms with Crippen LogP contribution >= 0.6 is 0 Å². The number of amides is 1. The molecular weight excluding hydrogens is 252 g/mol. The maximum atomic E-state index is 12.4. The van der Waals surface area contributed by atoms with Gasteiger partial charge in [0.2, 0.25) is 5.91 Å². The second-order valence-corrected chi connectivity index (χ2v) is 5.55. The van der Waals surface area contributed by atoms with Gasteiger partial charge in [-0.1, -0.05) is 25.5 Å². The molecule has 1 saturated carbocycles. The topological polar surface area (TPSA) is 64.4 Å². The molecule has 1 fully saturated rings. The van der Waals surface area contributed by atoms with Crippen molar-refractivity contribution in [3.05, 3.63) is 29.8 Å². The van der Waals surface area contributed by atoms with E-state index < -0.39 is 0 Å². The molecule has 0 saturated heterocycles. The average molecular weight is 276 g/mol. The van der Waals surface area contributed by atoms with E-state index in [0.29, 0.717) is 6.54 Å². The fourth-order valence-electron chi connectivity index (χ4n) is 2.70. The minimum Gasteiger partial charge on any atom is -0.497 e. The van der Waals surface area contributed by atoms with Gasteiger partial charge < -0.3 is 15.8 Å². The summed E-state index contributed by atoms with van der Waals surface area (Å²) in [5, 5.41) is 3.15. The maximum Gasteiger partial charge on any atom is 0.227 e. The Bertz CT molecular complexity index is 447. The molecule has 110 valence electrons. The number of ether oxygens (including phenoxy) is 1. The van der Waals surface area contributed by atoms with Crippen LogP contribution in [0, 0.1) is 5.41 Å². The Kier molecular flexibility index (Phi) is 4.65. The number of carbonyl (C=O) groups excluding carboxylic acids is 1. The summed E-state index contributed by atoms with van der Waals surface area (Å²) in [6.07, 6.45) is 3.78. The first kappa shape index (κ1) is 14.9. The minimum atomic E-state index is -0.320. The number of hydrogen-bond acceptors (Lipinski definition) is 3. The first-order chi connectivity index (χ1) is 9.65. The quantitative estimate of drug-likeness (QED) is 0.838. The zero-order chi connectivity index (χ0) is 14.6. The second kappa shape index (κ2) is 6.27. The van der Waals surface area contributed by atoms with Gasteiger partial charge in [0.05, 0.1) is 18.6 Å². The smallest absolute Gasteiger partial charge is 0.227 e. The molecular formula is C16H24N2O2. The Morgan fingerprint density at radius 2 is 2.05 bits per heavy atom. The number of hydrogen-bond donors (Lipinski definition) is 2. The van der Waals surface area contributed by atoms with E-state index in [1.165, 1.54) is 0 Å². The van der Waals surface area contributed by atoms with Crippen LogP contribution in [0.4, 0.5) is 0 Å². The molecule has 4 heteroatoms. The third kappa shape index (κ3) is 2.80. The molecule has 1 atom stereocenters. The van der Waals surface area contributed by atoms with Crippen LogP contribution in [-0.4, -0.2) is 19.6 Å². The molecule has 1 amide bonds. The van der Waals surface area contributed by atoms with Gasteiger partial charge in [-0.2, -0.15) is 0 Å². The lowest BCUT2D eigenvalue weighted by Gasteiger charge is -2.40. The fraction of sp³-hybridized carbons (Fsp3) is 0.562. The number of benzene rings is 1. The molecule has 2 rings (SSSR count). The van der Waals surface area contributed by atoms with Gasteiger partial charge in [0.15, 0.2) is 0 Å². The van der Waals surface area contributed by atoms with Crippen LogP contribution in [0.5, 0.6) is 5.75 Å². The molecule has 0 spiro atoms. The number of rotatable bonds is 6. The molecule has 1 aliphatic rings. The zero-order valence-electron chi connectivity index (χ0n) is 12.3. The van der Waals surface area contributed by atoms with E-state index in [4.69, 9.17) is 10.5 Å². The number of nitrogens with one attached hydrogen (secondary N) is 1. The molecule has 1 aromatic rings. The SMILES string of the molecule is CCC(NC(=O)C1(CN)CCC1)c1ccc(OC)cc1. The Hall–Kier alpha value is -1.55. The molecule has 0 heterocycles. The van der Waals surface area contributed by atoms with Crippen molar-refractivity contribution in [1.82, 2.24) is 5.32 Å². The van der Waals surface area contributed by atoms with Crippen LogP contribution in [0.15, 0.2) is 24.3 Å². The van der Waals surface area contributed by atoms with Gasteiger partial charge in [-0.3, -0.25) is 4.79 Å². The highest BCUT2D eigenvalue weighted by atomic mass is 16.5. The van der Waals surface area contributed by atoms with Gasteiger partial charge in [-0.25, -0.2) is 0 Å². The molecule has 3 N–H and O–H groups in total. The highest BCUT2D eigenvalue weighted by Gasteiger charge is 2.43. The van der Waals surface area contributed by atoms with Crippen molar-refractivity contribution in [1.29, 1.82) is 0 Å². The summed E-state index contributed by atoms with van der Waals surface area (Å²) in [5.74, 6) is 0.932. The maximum absolute atomic E-state index is 12.4. The van der Waals surface area contributed by atoms with Gasteiger partial charge in [0.25, 0.3) is 0 Å². The van der Waals surface area contributed by atoms with Crippen molar-refractivity contribution in [2.45, 2.75) is 38.6 Å². The van der Waals surface area contributed by atoms with Gasteiger partial charge in [-0.15, -0.1) is 0 Å². The van der Waals surface area contributed by atoms with Gasteiger partial charge in [0.1, 0.15) is 5.75 Å². The molecule has 0 aliphatic heterocycles. The predicted octanol–water partition coefficient (Wildman–Crippen LogP) is 2.39. The summed E-state index contributed by atoms with van der Waals surface area (Å²) in [7, 11) is 1.65. The van der Waals surface area contributed by atoms with Crippen molar-refractivity contribution in [2.75, 3.05) is 13.7 Å². The average Bonchev–Trinajstić information content (AvgIpc) is 2.44. The zero-order valence-corrected chi connectivity index (χ0v) is 12.3. The van der Waals surface area contributed by atoms with E-state index >= 15 is 0 Å². The van der Waals surface area contributed by atoms with Crippen LogP contribution in [0.3, 0.4) is 0 Å². The lowest BCUT2D eigenvalue weighted by atomic mass is 9.68. The molecule has 4 nitrogen and oxygen atoms in total. The second-order valence-electron chi connectivity index (χ2n) is 5.55. The first-order valence-electron chi connectivity index (χ1n) is 7.30. The van der Waals surface area contributed by atoms with E-state index in [-0.39, 0.29) is 17.4 Å². The number of methoxy groups -OCH3 is 1. The van der Waals surface area contributed by atoms with Gasteiger partial charge in [0, 0.05) is 6.54 Å². The van der Waals surface area contributed by atoms with Gasteiger partial charge in [-0.05, 0) is 37.0 Å². The molecule has 1 aromatic carbocycles. The monoisotopic (exact) mass is 276 g/mol. The Balaban J connectivity index is 2.06. The normalized spacial score (nSPS) is 17.9. The molecule has 0 bridgehead atoms. The largest absolute Gasteiger partial charge is 0.497 e. The van der Waals surface area contributed by atoms with Crippen molar-refractivity contribution in [3.8, 4) is 5.75 Å². The van der Waals surface area contributed by atoms with E-state index in [1.807, 2.05) is 24.3 Å². The molecule has 1 aliphatic carbocycles. The first-order valence-corrected chi connectivity index (χ1v) is 7.30. The summed E-state index contributed by atoms with van der Waals surface area (Å²) in [6.45, 7) is 2.52.